The number of dihydropyridines is 1. The van der Waals surface area contributed by atoms with Gasteiger partial charge in [-0.2, -0.15) is 5.26 Å². The van der Waals surface area contributed by atoms with Gasteiger partial charge in [0.15, 0.2) is 0 Å². The molecule has 0 spiro atoms. The van der Waals surface area contributed by atoms with E-state index in [4.69, 9.17) is 9.15 Å². The number of benzene rings is 2. The number of hydrogen-bond donors (Lipinski definition) is 3. The minimum atomic E-state index is -0.734. The van der Waals surface area contributed by atoms with E-state index in [0.29, 0.717) is 44.8 Å². The number of hydrogen-bond acceptors (Lipinski definition) is 7. The summed E-state index contributed by atoms with van der Waals surface area (Å²) in [5.74, 6) is -0.108. The van der Waals surface area contributed by atoms with Crippen molar-refractivity contribution in [1.29, 1.82) is 5.26 Å². The Hall–Kier alpha value is -4.42. The van der Waals surface area contributed by atoms with E-state index in [9.17, 15) is 14.9 Å². The van der Waals surface area contributed by atoms with Gasteiger partial charge in [0.05, 0.1) is 47.3 Å². The quantitative estimate of drug-likeness (QED) is 0.373. The first-order valence-electron chi connectivity index (χ1n) is 11.5. The molecular formula is C28H26N4O4S. The van der Waals surface area contributed by atoms with E-state index in [0.717, 1.165) is 5.56 Å². The predicted molar refractivity (Wildman–Crippen MR) is 144 cm³/mol. The summed E-state index contributed by atoms with van der Waals surface area (Å²) in [5.41, 5.74) is 3.60. The van der Waals surface area contributed by atoms with Gasteiger partial charge in [0.2, 0.25) is 5.91 Å². The van der Waals surface area contributed by atoms with E-state index in [2.05, 4.69) is 22.0 Å². The fraction of sp³-hybridized carbons (Fsp3) is 0.179. The van der Waals surface area contributed by atoms with Gasteiger partial charge in [-0.25, -0.2) is 0 Å². The minimum Gasteiger partial charge on any atom is -0.497 e. The molecular weight excluding hydrogens is 488 g/mol. The smallest absolute Gasteiger partial charge is 0.254 e. The molecule has 3 aromatic rings. The molecule has 1 aromatic heterocycles. The molecule has 4 rings (SSSR count). The molecule has 1 unspecified atom stereocenters. The zero-order chi connectivity index (χ0) is 26.4. The number of furan rings is 1. The lowest BCUT2D eigenvalue weighted by Gasteiger charge is -2.28. The Morgan fingerprint density at radius 3 is 2.35 bits per heavy atom. The van der Waals surface area contributed by atoms with Gasteiger partial charge in [-0.1, -0.05) is 29.5 Å². The Morgan fingerprint density at radius 2 is 1.73 bits per heavy atom. The number of aryl methyl sites for hydroxylation is 1. The monoisotopic (exact) mass is 514 g/mol. The molecule has 1 aliphatic heterocycles. The highest BCUT2D eigenvalue weighted by Crippen LogP contribution is 2.41. The molecule has 0 bridgehead atoms. The molecule has 8 nitrogen and oxygen atoms in total. The maximum absolute atomic E-state index is 13.4. The molecule has 2 heterocycles. The summed E-state index contributed by atoms with van der Waals surface area (Å²) < 4.78 is 10.8. The molecule has 2 amide bonds. The van der Waals surface area contributed by atoms with Gasteiger partial charge < -0.3 is 25.1 Å². The second kappa shape index (κ2) is 11.5. The van der Waals surface area contributed by atoms with Crippen molar-refractivity contribution in [3.8, 4) is 11.8 Å². The molecule has 0 fully saturated rings. The highest BCUT2D eigenvalue weighted by Gasteiger charge is 2.36. The van der Waals surface area contributed by atoms with Gasteiger partial charge in [0, 0.05) is 17.1 Å². The first-order chi connectivity index (χ1) is 17.9. The van der Waals surface area contributed by atoms with Crippen molar-refractivity contribution in [2.75, 3.05) is 23.5 Å². The maximum atomic E-state index is 13.4. The zero-order valence-corrected chi connectivity index (χ0v) is 21.4. The summed E-state index contributed by atoms with van der Waals surface area (Å²) in [5, 5.41) is 19.5. The van der Waals surface area contributed by atoms with Crippen LogP contribution in [0.5, 0.6) is 5.75 Å². The topological polar surface area (TPSA) is 116 Å². The van der Waals surface area contributed by atoms with Crippen LogP contribution in [0.2, 0.25) is 0 Å². The Kier molecular flexibility index (Phi) is 8.01. The van der Waals surface area contributed by atoms with Crippen LogP contribution in [0.25, 0.3) is 0 Å². The number of carbonyl (C=O) groups is 2. The number of anilines is 2. The number of methoxy groups -OCH3 is 1. The third-order valence-corrected chi connectivity index (χ3v) is 6.77. The lowest BCUT2D eigenvalue weighted by Crippen LogP contribution is -2.31. The van der Waals surface area contributed by atoms with Gasteiger partial charge in [0.25, 0.3) is 5.91 Å². The van der Waals surface area contributed by atoms with E-state index in [1.54, 1.807) is 50.4 Å². The Morgan fingerprint density at radius 1 is 1.05 bits per heavy atom. The lowest BCUT2D eigenvalue weighted by atomic mass is 9.85. The molecule has 3 N–H and O–H groups in total. The highest BCUT2D eigenvalue weighted by atomic mass is 32.2. The van der Waals surface area contributed by atoms with Gasteiger partial charge in [-0.15, -0.1) is 0 Å². The second-order valence-corrected chi connectivity index (χ2v) is 9.34. The number of nitriles is 1. The predicted octanol–water partition coefficient (Wildman–Crippen LogP) is 5.30. The van der Waals surface area contributed by atoms with Gasteiger partial charge >= 0.3 is 0 Å². The second-order valence-electron chi connectivity index (χ2n) is 8.35. The number of allylic oxidation sites excluding steroid dienone is 2. The molecule has 1 aliphatic rings. The Balaban J connectivity index is 1.56. The van der Waals surface area contributed by atoms with Crippen molar-refractivity contribution in [2.24, 2.45) is 0 Å². The Labute approximate surface area is 219 Å². The molecule has 188 valence electrons. The van der Waals surface area contributed by atoms with Crippen molar-refractivity contribution in [3.05, 3.63) is 100 Å². The lowest BCUT2D eigenvalue weighted by molar-refractivity contribution is -0.114. The van der Waals surface area contributed by atoms with Crippen molar-refractivity contribution >= 4 is 35.0 Å². The maximum Gasteiger partial charge on any atom is 0.254 e. The van der Waals surface area contributed by atoms with Crippen LogP contribution in [0.4, 0.5) is 11.4 Å². The molecule has 2 aromatic carbocycles. The minimum absolute atomic E-state index is 0.0763. The molecule has 0 saturated carbocycles. The van der Waals surface area contributed by atoms with E-state index >= 15 is 0 Å². The number of rotatable bonds is 8. The van der Waals surface area contributed by atoms with Gasteiger partial charge in [0.1, 0.15) is 11.5 Å². The number of nitrogens with one attached hydrogen (secondary N) is 3. The number of thioether (sulfide) groups is 1. The largest absolute Gasteiger partial charge is 0.497 e. The Bertz CT molecular complexity index is 1390. The normalized spacial score (nSPS) is 15.0. The van der Waals surface area contributed by atoms with Crippen LogP contribution >= 0.6 is 11.8 Å². The molecule has 9 heteroatoms. The van der Waals surface area contributed by atoms with Crippen LogP contribution in [-0.2, 0) is 9.59 Å². The van der Waals surface area contributed by atoms with Crippen LogP contribution in [0.15, 0.2) is 93.2 Å². The van der Waals surface area contributed by atoms with Crippen LogP contribution in [0.3, 0.4) is 0 Å². The molecule has 0 aliphatic carbocycles. The molecule has 0 saturated heterocycles. The fourth-order valence-electron chi connectivity index (χ4n) is 3.91. The summed E-state index contributed by atoms with van der Waals surface area (Å²) in [6, 6.07) is 20.1. The molecule has 37 heavy (non-hydrogen) atoms. The summed E-state index contributed by atoms with van der Waals surface area (Å²) in [6.07, 6.45) is 1.50. The first kappa shape index (κ1) is 25.7. The fourth-order valence-corrected chi connectivity index (χ4v) is 4.80. The van der Waals surface area contributed by atoms with Crippen LogP contribution < -0.4 is 20.7 Å². The van der Waals surface area contributed by atoms with E-state index in [-0.39, 0.29) is 17.6 Å². The number of carbonyl (C=O) groups excluding carboxylic acids is 2. The van der Waals surface area contributed by atoms with Gasteiger partial charge in [-0.05, 0) is 62.4 Å². The first-order valence-corrected chi connectivity index (χ1v) is 12.5. The van der Waals surface area contributed by atoms with E-state index in [1.165, 1.54) is 18.0 Å². The SMILES string of the molecule is COc1ccc(NC(=O)C2=C(C)NC(SCC(=O)Nc3ccc(C)cc3)=C(C#N)C2c2ccco2)cc1. The third-order valence-electron chi connectivity index (χ3n) is 5.75. The summed E-state index contributed by atoms with van der Waals surface area (Å²) in [6.45, 7) is 3.74. The number of amides is 2. The van der Waals surface area contributed by atoms with Gasteiger partial charge in [-0.3, -0.25) is 9.59 Å². The van der Waals surface area contributed by atoms with Crippen molar-refractivity contribution in [2.45, 2.75) is 19.8 Å². The average Bonchev–Trinajstić information content (AvgIpc) is 3.43. The van der Waals surface area contributed by atoms with E-state index < -0.39 is 5.92 Å². The molecule has 0 radical (unpaired) electrons. The van der Waals surface area contributed by atoms with Crippen molar-refractivity contribution in [3.63, 3.8) is 0 Å². The summed E-state index contributed by atoms with van der Waals surface area (Å²) >= 11 is 1.20. The van der Waals surface area contributed by atoms with Crippen molar-refractivity contribution in [1.82, 2.24) is 5.32 Å². The van der Waals surface area contributed by atoms with Crippen molar-refractivity contribution < 1.29 is 18.7 Å². The number of nitrogens with zero attached hydrogens (tertiary/aromatic N) is 1. The summed E-state index contributed by atoms with van der Waals surface area (Å²) in [7, 11) is 1.57. The van der Waals surface area contributed by atoms with Crippen LogP contribution in [0.1, 0.15) is 24.2 Å². The average molecular weight is 515 g/mol. The number of ether oxygens (including phenoxy) is 1. The third kappa shape index (κ3) is 6.05. The molecule has 1 atom stereocenters. The zero-order valence-electron chi connectivity index (χ0n) is 20.6. The summed E-state index contributed by atoms with van der Waals surface area (Å²) in [4.78, 5) is 26.0. The van der Waals surface area contributed by atoms with E-state index in [1.807, 2.05) is 31.2 Å². The highest BCUT2D eigenvalue weighted by molar-refractivity contribution is 8.03. The van der Waals surface area contributed by atoms with Crippen LogP contribution in [0, 0.1) is 18.3 Å². The standard InChI is InChI=1S/C28H26N4O4S/c1-17-6-8-19(9-7-17)31-24(33)16-37-28-22(15-29)26(23-5-4-14-36-23)25(18(2)30-28)27(34)32-20-10-12-21(35-3)13-11-20/h4-14,26,30H,16H2,1-3H3,(H,31,33)(H,32,34). The van der Waals surface area contributed by atoms with Crippen LogP contribution in [-0.4, -0.2) is 24.7 Å².